The zero-order valence-electron chi connectivity index (χ0n) is 23.8. The maximum atomic E-state index is 15.6. The fraction of sp³-hybridized carbons (Fsp3) is 0.393. The first-order valence-electron chi connectivity index (χ1n) is 13.4. The Bertz CT molecular complexity index is 1530. The molecule has 4 rings (SSSR count). The molecule has 0 amide bonds. The Labute approximate surface area is 252 Å². The Kier molecular flexibility index (Phi) is 10.1. The van der Waals surface area contributed by atoms with E-state index in [1.54, 1.807) is 50.2 Å². The first kappa shape index (κ1) is 32.7. The Balaban J connectivity index is 1.54. The number of halogens is 2. The van der Waals surface area contributed by atoms with Crippen LogP contribution in [0.4, 0.5) is 4.39 Å². The van der Waals surface area contributed by atoms with E-state index >= 15 is 4.39 Å². The molecule has 4 N–H and O–H groups in total. The van der Waals surface area contributed by atoms with E-state index in [4.69, 9.17) is 30.1 Å². The van der Waals surface area contributed by atoms with Crippen molar-refractivity contribution in [2.24, 2.45) is 0 Å². The van der Waals surface area contributed by atoms with E-state index in [9.17, 15) is 24.4 Å². The van der Waals surface area contributed by atoms with Crippen LogP contribution in [-0.4, -0.2) is 62.1 Å². The second-order valence-corrected chi connectivity index (χ2v) is 12.9. The van der Waals surface area contributed by atoms with Crippen LogP contribution < -0.4 is 20.9 Å². The van der Waals surface area contributed by atoms with Crippen LogP contribution in [0, 0.1) is 0 Å². The first-order valence-corrected chi connectivity index (χ1v) is 15.6. The average Bonchev–Trinajstić information content (AvgIpc) is 3.16. The van der Waals surface area contributed by atoms with Crippen molar-refractivity contribution in [1.82, 2.24) is 14.6 Å². The van der Waals surface area contributed by atoms with Gasteiger partial charge in [0.2, 0.25) is 0 Å². The van der Waals surface area contributed by atoms with Crippen molar-refractivity contribution in [3.8, 4) is 16.9 Å². The van der Waals surface area contributed by atoms with Gasteiger partial charge in [-0.25, -0.2) is 0 Å². The van der Waals surface area contributed by atoms with Crippen molar-refractivity contribution >= 4 is 25.7 Å². The van der Waals surface area contributed by atoms with E-state index < -0.39 is 68.2 Å². The van der Waals surface area contributed by atoms with Crippen LogP contribution in [0.15, 0.2) is 70.4 Å². The normalized spacial score (nSPS) is 23.2. The summed E-state index contributed by atoms with van der Waals surface area (Å²) in [5, 5.41) is 14.0. The van der Waals surface area contributed by atoms with E-state index in [1.807, 2.05) is 17.1 Å². The number of rotatable bonds is 11. The molecule has 0 radical (unpaired) electrons. The molecule has 234 valence electrons. The van der Waals surface area contributed by atoms with Crippen LogP contribution >= 0.6 is 19.7 Å². The second kappa shape index (κ2) is 13.2. The average molecular weight is 642 g/mol. The number of carbonyl (C=O) groups is 1. The van der Waals surface area contributed by atoms with E-state index in [2.05, 4.69) is 5.09 Å². The summed E-state index contributed by atoms with van der Waals surface area (Å²) in [6.45, 7) is 5.21. The van der Waals surface area contributed by atoms with Crippen molar-refractivity contribution in [3.05, 3.63) is 86.7 Å². The van der Waals surface area contributed by atoms with Gasteiger partial charge in [-0.2, -0.15) is 0 Å². The predicted octanol–water partition coefficient (Wildman–Crippen LogP) is 3.27. The summed E-state index contributed by atoms with van der Waals surface area (Å²) in [6.07, 6.45) is -4.19. The van der Waals surface area contributed by atoms with Crippen LogP contribution in [-0.2, 0) is 18.8 Å². The summed E-state index contributed by atoms with van der Waals surface area (Å²) in [7, 11) is -4.53. The Morgan fingerprint density at radius 3 is 2.33 bits per heavy atom. The second-order valence-electron chi connectivity index (χ2n) is 10.5. The zero-order chi connectivity index (χ0) is 31.5. The zero-order valence-corrected chi connectivity index (χ0v) is 25.6. The van der Waals surface area contributed by atoms with Crippen molar-refractivity contribution in [3.63, 3.8) is 0 Å². The number of aliphatic hydroxyl groups is 1. The molecule has 2 heterocycles. The molecule has 0 saturated carbocycles. The fourth-order valence-electron chi connectivity index (χ4n) is 4.44. The van der Waals surface area contributed by atoms with Gasteiger partial charge in [0.15, 0.2) is 0 Å². The number of ether oxygens (including phenoxy) is 2. The van der Waals surface area contributed by atoms with E-state index in [0.717, 1.165) is 34.9 Å². The summed E-state index contributed by atoms with van der Waals surface area (Å²) in [5.74, 6) is -0.498. The van der Waals surface area contributed by atoms with Gasteiger partial charge in [-0.1, -0.05) is 0 Å². The van der Waals surface area contributed by atoms with Crippen LogP contribution in [0.1, 0.15) is 33.9 Å². The van der Waals surface area contributed by atoms with Gasteiger partial charge >= 0.3 is 252 Å². The number of nitrogens with zero attached hydrogens (tertiary/aromatic N) is 1. The number of aromatic nitrogens is 2. The molecule has 43 heavy (non-hydrogen) atoms. The van der Waals surface area contributed by atoms with Gasteiger partial charge in [0.05, 0.1) is 0 Å². The number of carbonyl (C=O) groups excluding carboxylic acids is 1. The molecule has 2 aromatic carbocycles. The summed E-state index contributed by atoms with van der Waals surface area (Å²) in [6, 6.07) is 13.8. The van der Waals surface area contributed by atoms with Gasteiger partial charge in [0.25, 0.3) is 0 Å². The first-order chi connectivity index (χ1) is 20.2. The number of aliphatic hydroxyl groups excluding tert-OH is 1. The predicted molar refractivity (Wildman–Crippen MR) is 159 cm³/mol. The third kappa shape index (κ3) is 7.87. The number of aromatic amines is 1. The van der Waals surface area contributed by atoms with E-state index in [1.165, 1.54) is 6.92 Å². The molecule has 12 nitrogen and oxygen atoms in total. The minimum absolute atomic E-state index is 0.185. The number of benzene rings is 2. The molecule has 0 unspecified atom stereocenters. The maximum absolute atomic E-state index is 15.6. The standard InChI is InChI=1S/C28H34ClFN3O9P/c1-16(2)40-25(36)17(3)32-43(38,42-21-11-7-19(8-12-21)18-5-9-20(29)10-6-18)39-15-22-24(35)28(4,30)26(41-22)33-14-13-23(34)31-27(33)37/h5-14,16-17,22,24,26,32,35,38,43H,15H2,1-4H3,(H,31,34,37)/t17-,22+,24+,26+,28+/m0/s1. The number of nitrogens with one attached hydrogen (secondary N) is 2. The molecule has 0 aliphatic carbocycles. The molecule has 1 aliphatic rings. The van der Waals surface area contributed by atoms with E-state index in [0.29, 0.717) is 5.02 Å². The number of hydrogen-bond acceptors (Lipinski definition) is 10. The molecule has 5 atom stereocenters. The SMILES string of the molecule is CC(C)OC(=O)[C@H](C)N[PH](O)(OC[C@H]1O[C@@H](n2ccc(=O)[nH]c2=O)[C@](C)(F)[C@@H]1O)Oc1ccc(-c2ccc(Cl)cc2)cc1. The van der Waals surface area contributed by atoms with Gasteiger partial charge in [-0.3, -0.25) is 0 Å². The summed E-state index contributed by atoms with van der Waals surface area (Å²) in [5.41, 5.74) is -2.39. The van der Waals surface area contributed by atoms with Gasteiger partial charge in [-0.05, 0) is 0 Å². The minimum atomic E-state index is -4.53. The van der Waals surface area contributed by atoms with Crippen molar-refractivity contribution in [1.29, 1.82) is 0 Å². The van der Waals surface area contributed by atoms with Gasteiger partial charge < -0.3 is 0 Å². The number of esters is 1. The van der Waals surface area contributed by atoms with Gasteiger partial charge in [0.1, 0.15) is 0 Å². The number of H-pyrrole nitrogens is 1. The molecule has 15 heteroatoms. The van der Waals surface area contributed by atoms with Crippen molar-refractivity contribution in [2.45, 2.75) is 63.9 Å². The summed E-state index contributed by atoms with van der Waals surface area (Å²) in [4.78, 5) is 49.7. The Morgan fingerprint density at radius 1 is 1.14 bits per heavy atom. The van der Waals surface area contributed by atoms with Crippen LogP contribution in [0.3, 0.4) is 0 Å². The van der Waals surface area contributed by atoms with Gasteiger partial charge in [0, 0.05) is 0 Å². The molecule has 1 aromatic heterocycles. The molecular formula is C28H34ClFN3O9P. The quantitative estimate of drug-likeness (QED) is 0.181. The number of hydrogen-bond donors (Lipinski definition) is 4. The molecule has 0 spiro atoms. The van der Waals surface area contributed by atoms with Crippen LogP contribution in [0.5, 0.6) is 5.75 Å². The number of alkyl halides is 1. The molecule has 1 fully saturated rings. The summed E-state index contributed by atoms with van der Waals surface area (Å²) < 4.78 is 38.8. The van der Waals surface area contributed by atoms with Gasteiger partial charge in [-0.15, -0.1) is 0 Å². The molecular weight excluding hydrogens is 608 g/mol. The van der Waals surface area contributed by atoms with Crippen LogP contribution in [0.2, 0.25) is 5.02 Å². The Morgan fingerprint density at radius 2 is 1.74 bits per heavy atom. The molecule has 0 bridgehead atoms. The molecule has 3 aromatic rings. The van der Waals surface area contributed by atoms with E-state index in [-0.39, 0.29) is 5.75 Å². The molecule has 1 aliphatic heterocycles. The fourth-order valence-corrected chi connectivity index (χ4v) is 6.28. The summed E-state index contributed by atoms with van der Waals surface area (Å²) >= 11 is 5.97. The van der Waals surface area contributed by atoms with Crippen molar-refractivity contribution in [2.75, 3.05) is 6.61 Å². The molecule has 1 saturated heterocycles. The third-order valence-corrected chi connectivity index (χ3v) is 8.78. The monoisotopic (exact) mass is 641 g/mol. The Hall–Kier alpha value is -3.16. The van der Waals surface area contributed by atoms with Crippen molar-refractivity contribution < 1.29 is 37.7 Å². The third-order valence-electron chi connectivity index (χ3n) is 6.66. The van der Waals surface area contributed by atoms with Crippen LogP contribution in [0.25, 0.3) is 11.1 Å². The topological polar surface area (TPSA) is 161 Å².